The third kappa shape index (κ3) is 4.06. The molecule has 0 radical (unpaired) electrons. The van der Waals surface area contributed by atoms with Crippen LogP contribution in [-0.4, -0.2) is 25.8 Å². The first-order chi connectivity index (χ1) is 9.41. The molecule has 1 aromatic rings. The maximum atomic E-state index is 12.5. The van der Waals surface area contributed by atoms with Crippen LogP contribution in [0.15, 0.2) is 29.2 Å². The van der Waals surface area contributed by atoms with Gasteiger partial charge in [-0.2, -0.15) is 14.8 Å². The van der Waals surface area contributed by atoms with E-state index in [1.165, 1.54) is 16.4 Å². The Kier molecular flexibility index (Phi) is 5.69. The lowest BCUT2D eigenvalue weighted by molar-refractivity contribution is 0.373. The molecule has 20 heavy (non-hydrogen) atoms. The molecule has 0 aliphatic heterocycles. The maximum Gasteiger partial charge on any atom is 0.243 e. The van der Waals surface area contributed by atoms with E-state index in [1.54, 1.807) is 12.1 Å². The molecular formula is C14H17N3O2S. The van der Waals surface area contributed by atoms with E-state index in [0.29, 0.717) is 12.1 Å². The van der Waals surface area contributed by atoms with Crippen LogP contribution in [0.1, 0.15) is 25.8 Å². The minimum atomic E-state index is -3.67. The van der Waals surface area contributed by atoms with Gasteiger partial charge in [0.1, 0.15) is 0 Å². The third-order valence-corrected chi connectivity index (χ3v) is 4.50. The Balaban J connectivity index is 3.15. The zero-order valence-corrected chi connectivity index (χ0v) is 12.4. The van der Waals surface area contributed by atoms with Crippen LogP contribution >= 0.6 is 0 Å². The summed E-state index contributed by atoms with van der Waals surface area (Å²) in [6.45, 7) is 4.34. The van der Waals surface area contributed by atoms with Crippen LogP contribution in [0.4, 0.5) is 0 Å². The zero-order chi connectivity index (χ0) is 15.2. The molecule has 1 rings (SSSR count). The fourth-order valence-corrected chi connectivity index (χ4v) is 3.42. The predicted molar refractivity (Wildman–Crippen MR) is 75.0 cm³/mol. The molecule has 5 nitrogen and oxygen atoms in total. The van der Waals surface area contributed by atoms with Crippen molar-refractivity contribution in [3.63, 3.8) is 0 Å². The lowest BCUT2D eigenvalue weighted by Gasteiger charge is -2.23. The van der Waals surface area contributed by atoms with Gasteiger partial charge in [-0.15, -0.1) is 0 Å². The van der Waals surface area contributed by atoms with Gasteiger partial charge < -0.3 is 0 Å². The van der Waals surface area contributed by atoms with Crippen LogP contribution in [0.3, 0.4) is 0 Å². The summed E-state index contributed by atoms with van der Waals surface area (Å²) in [4.78, 5) is 0.0927. The second-order valence-corrected chi connectivity index (χ2v) is 6.74. The second kappa shape index (κ2) is 7.04. The van der Waals surface area contributed by atoms with Crippen LogP contribution < -0.4 is 0 Å². The molecular weight excluding hydrogens is 274 g/mol. The number of hydrogen-bond donors (Lipinski definition) is 0. The van der Waals surface area contributed by atoms with E-state index in [2.05, 4.69) is 0 Å². The van der Waals surface area contributed by atoms with E-state index in [0.717, 1.165) is 0 Å². The van der Waals surface area contributed by atoms with Crippen molar-refractivity contribution in [1.29, 1.82) is 10.5 Å². The first kappa shape index (κ1) is 16.2. The van der Waals surface area contributed by atoms with Crippen molar-refractivity contribution in [2.24, 2.45) is 5.92 Å². The molecule has 0 unspecified atom stereocenters. The van der Waals surface area contributed by atoms with E-state index in [4.69, 9.17) is 10.5 Å². The number of nitriles is 2. The minimum Gasteiger partial charge on any atom is -0.207 e. The van der Waals surface area contributed by atoms with Crippen LogP contribution in [-0.2, 0) is 10.0 Å². The van der Waals surface area contributed by atoms with Gasteiger partial charge in [-0.05, 0) is 24.1 Å². The Morgan fingerprint density at radius 1 is 1.30 bits per heavy atom. The third-order valence-electron chi connectivity index (χ3n) is 2.64. The van der Waals surface area contributed by atoms with Gasteiger partial charge in [0.05, 0.1) is 22.6 Å². The second-order valence-electron chi connectivity index (χ2n) is 4.80. The zero-order valence-electron chi connectivity index (χ0n) is 11.6. The average molecular weight is 291 g/mol. The smallest absolute Gasteiger partial charge is 0.207 e. The van der Waals surface area contributed by atoms with Crippen molar-refractivity contribution in [1.82, 2.24) is 4.31 Å². The van der Waals surface area contributed by atoms with Crippen LogP contribution in [0.25, 0.3) is 0 Å². The molecule has 0 fully saturated rings. The molecule has 0 aliphatic rings. The average Bonchev–Trinajstić information content (AvgIpc) is 2.43. The molecule has 0 spiro atoms. The van der Waals surface area contributed by atoms with Crippen molar-refractivity contribution in [3.05, 3.63) is 29.8 Å². The van der Waals surface area contributed by atoms with E-state index in [1.807, 2.05) is 26.0 Å². The summed E-state index contributed by atoms with van der Waals surface area (Å²) in [7, 11) is -3.67. The van der Waals surface area contributed by atoms with Crippen LogP contribution in [0.2, 0.25) is 0 Å². The van der Waals surface area contributed by atoms with Gasteiger partial charge in [0.15, 0.2) is 0 Å². The summed E-state index contributed by atoms with van der Waals surface area (Å²) in [6.07, 6.45) is 0.143. The summed E-state index contributed by atoms with van der Waals surface area (Å²) in [5.74, 6) is 0.155. The minimum absolute atomic E-state index is 0.0927. The number of benzene rings is 1. The Labute approximate surface area is 120 Å². The van der Waals surface area contributed by atoms with Crippen molar-refractivity contribution in [2.45, 2.75) is 25.2 Å². The number of nitrogens with zero attached hydrogens (tertiary/aromatic N) is 3. The summed E-state index contributed by atoms with van der Waals surface area (Å²) >= 11 is 0. The fourth-order valence-electron chi connectivity index (χ4n) is 1.77. The lowest BCUT2D eigenvalue weighted by atomic mass is 10.2. The Morgan fingerprint density at radius 2 is 2.00 bits per heavy atom. The molecule has 0 N–H and O–H groups in total. The predicted octanol–water partition coefficient (Wildman–Crippen LogP) is 2.12. The molecule has 106 valence electrons. The molecule has 6 heteroatoms. The molecule has 0 aromatic heterocycles. The first-order valence-electron chi connectivity index (χ1n) is 6.29. The van der Waals surface area contributed by atoms with Gasteiger partial charge in [-0.3, -0.25) is 0 Å². The number of hydrogen-bond acceptors (Lipinski definition) is 4. The molecule has 0 heterocycles. The Hall–Kier alpha value is -1.89. The van der Waals surface area contributed by atoms with E-state index < -0.39 is 10.0 Å². The Bertz CT molecular complexity index is 639. The number of rotatable bonds is 6. The molecule has 1 aromatic carbocycles. The highest BCUT2D eigenvalue weighted by atomic mass is 32.2. The highest BCUT2D eigenvalue weighted by molar-refractivity contribution is 7.89. The number of sulfonamides is 1. The SMILES string of the molecule is CC(C)CN(CCC#N)S(=O)(=O)c1cccc(C#N)c1. The summed E-state index contributed by atoms with van der Waals surface area (Å²) in [6, 6.07) is 9.81. The van der Waals surface area contributed by atoms with Crippen LogP contribution in [0, 0.1) is 28.6 Å². The Morgan fingerprint density at radius 3 is 2.55 bits per heavy atom. The maximum absolute atomic E-state index is 12.5. The molecule has 0 saturated heterocycles. The molecule has 0 bridgehead atoms. The van der Waals surface area contributed by atoms with Crippen molar-refractivity contribution >= 4 is 10.0 Å². The van der Waals surface area contributed by atoms with Gasteiger partial charge in [-0.1, -0.05) is 19.9 Å². The highest BCUT2D eigenvalue weighted by Crippen LogP contribution is 2.18. The first-order valence-corrected chi connectivity index (χ1v) is 7.73. The largest absolute Gasteiger partial charge is 0.243 e. The monoisotopic (exact) mass is 291 g/mol. The van der Waals surface area contributed by atoms with Crippen molar-refractivity contribution in [3.8, 4) is 12.1 Å². The summed E-state index contributed by atoms with van der Waals surface area (Å²) in [5.41, 5.74) is 0.302. The lowest BCUT2D eigenvalue weighted by Crippen LogP contribution is -2.35. The van der Waals surface area contributed by atoms with Crippen LogP contribution in [0.5, 0.6) is 0 Å². The summed E-state index contributed by atoms with van der Waals surface area (Å²) < 4.78 is 26.4. The van der Waals surface area contributed by atoms with E-state index >= 15 is 0 Å². The standard InChI is InChI=1S/C14H17N3O2S/c1-12(2)11-17(8-4-7-15)20(18,19)14-6-3-5-13(9-14)10-16/h3,5-6,9,12H,4,8,11H2,1-2H3. The topological polar surface area (TPSA) is 85.0 Å². The van der Waals surface area contributed by atoms with Gasteiger partial charge in [0.25, 0.3) is 0 Å². The fraction of sp³-hybridized carbons (Fsp3) is 0.429. The molecule has 0 saturated carbocycles. The van der Waals surface area contributed by atoms with Crippen molar-refractivity contribution < 1.29 is 8.42 Å². The quantitative estimate of drug-likeness (QED) is 0.803. The van der Waals surface area contributed by atoms with Gasteiger partial charge >= 0.3 is 0 Å². The molecule has 0 atom stereocenters. The van der Waals surface area contributed by atoms with Gasteiger partial charge in [-0.25, -0.2) is 8.42 Å². The summed E-state index contributed by atoms with van der Waals surface area (Å²) in [5, 5.41) is 17.5. The highest BCUT2D eigenvalue weighted by Gasteiger charge is 2.25. The van der Waals surface area contributed by atoms with Crippen molar-refractivity contribution in [2.75, 3.05) is 13.1 Å². The van der Waals surface area contributed by atoms with E-state index in [-0.39, 0.29) is 23.8 Å². The normalized spacial score (nSPS) is 11.3. The van der Waals surface area contributed by atoms with Gasteiger partial charge in [0, 0.05) is 19.5 Å². The van der Waals surface area contributed by atoms with E-state index in [9.17, 15) is 8.42 Å². The molecule has 0 amide bonds. The van der Waals surface area contributed by atoms with Gasteiger partial charge in [0.2, 0.25) is 10.0 Å². The molecule has 0 aliphatic carbocycles.